The quantitative estimate of drug-likeness (QED) is 0.449. The summed E-state index contributed by atoms with van der Waals surface area (Å²) in [5, 5.41) is 10.8. The molecule has 0 saturated carbocycles. The summed E-state index contributed by atoms with van der Waals surface area (Å²) in [6, 6.07) is 2.80. The molecule has 6 heteroatoms. The van der Waals surface area contributed by atoms with Gasteiger partial charge < -0.3 is 4.90 Å². The molecule has 0 radical (unpaired) electrons. The Kier molecular flexibility index (Phi) is 3.92. The van der Waals surface area contributed by atoms with Crippen LogP contribution < -0.4 is 0 Å². The molecule has 0 N–H and O–H groups in total. The third-order valence-corrected chi connectivity index (χ3v) is 2.00. The highest BCUT2D eigenvalue weighted by molar-refractivity contribution is 6.19. The monoisotopic (exact) mass is 235 g/mol. The first-order chi connectivity index (χ1) is 7.93. The second-order valence-corrected chi connectivity index (χ2v) is 3.69. The largest absolute Gasteiger partial charge is 0.383 e. The zero-order valence-corrected chi connectivity index (χ0v) is 9.88. The van der Waals surface area contributed by atoms with E-state index in [1.165, 1.54) is 31.5 Å². The maximum absolute atomic E-state index is 11.5. The lowest BCUT2D eigenvalue weighted by molar-refractivity contribution is -0.385. The highest BCUT2D eigenvalue weighted by atomic mass is 16.6. The van der Waals surface area contributed by atoms with Crippen LogP contribution in [0.1, 0.15) is 12.6 Å². The molecule has 0 amide bonds. The van der Waals surface area contributed by atoms with Crippen LogP contribution in [0.4, 0.5) is 5.69 Å². The molecular weight excluding hydrogens is 222 g/mol. The fraction of sp³-hybridized carbons (Fsp3) is 0.273. The normalized spacial score (nSPS) is 11.1. The number of rotatable bonds is 4. The summed E-state index contributed by atoms with van der Waals surface area (Å²) in [7, 11) is 3.47. The molecule has 0 spiro atoms. The van der Waals surface area contributed by atoms with Gasteiger partial charge in [-0.3, -0.25) is 14.9 Å². The van der Waals surface area contributed by atoms with Crippen LogP contribution in [0.15, 0.2) is 24.5 Å². The van der Waals surface area contributed by atoms with Gasteiger partial charge in [-0.05, 0) is 13.0 Å². The summed E-state index contributed by atoms with van der Waals surface area (Å²) in [5.74, 6) is -0.263. The van der Waals surface area contributed by atoms with Gasteiger partial charge in [0, 0.05) is 32.6 Å². The molecule has 1 aromatic rings. The smallest absolute Gasteiger partial charge is 0.295 e. The molecule has 1 rings (SSSR count). The Balaban J connectivity index is 3.39. The molecular formula is C11H13N3O3. The zero-order valence-electron chi connectivity index (χ0n) is 9.88. The summed E-state index contributed by atoms with van der Waals surface area (Å²) in [5.41, 5.74) is 0.150. The van der Waals surface area contributed by atoms with Gasteiger partial charge in [-0.1, -0.05) is 0 Å². The van der Waals surface area contributed by atoms with E-state index in [1.807, 2.05) is 0 Å². The van der Waals surface area contributed by atoms with E-state index in [1.54, 1.807) is 19.0 Å². The number of allylic oxidation sites excluding steroid dienone is 1. The average Bonchev–Trinajstić information content (AvgIpc) is 2.25. The van der Waals surface area contributed by atoms with Crippen LogP contribution in [0.2, 0.25) is 0 Å². The summed E-state index contributed by atoms with van der Waals surface area (Å²) in [6.45, 7) is 1.35. The maximum atomic E-state index is 11.5. The van der Waals surface area contributed by atoms with Crippen molar-refractivity contribution < 1.29 is 9.72 Å². The van der Waals surface area contributed by atoms with Gasteiger partial charge in [-0.15, -0.1) is 0 Å². The van der Waals surface area contributed by atoms with E-state index in [2.05, 4.69) is 4.98 Å². The first kappa shape index (κ1) is 12.8. The molecule has 90 valence electrons. The van der Waals surface area contributed by atoms with E-state index in [0.717, 1.165) is 0 Å². The minimum absolute atomic E-state index is 0.0960. The molecule has 0 bridgehead atoms. The molecule has 0 aliphatic rings. The number of carbonyl (C=O) groups excluding carboxylic acids is 1. The first-order valence-corrected chi connectivity index (χ1v) is 4.92. The Bertz CT molecular complexity index is 481. The van der Waals surface area contributed by atoms with Gasteiger partial charge in [0.15, 0.2) is 11.5 Å². The number of hydrogen-bond donors (Lipinski definition) is 0. The van der Waals surface area contributed by atoms with Crippen molar-refractivity contribution in [1.82, 2.24) is 9.88 Å². The van der Waals surface area contributed by atoms with Gasteiger partial charge in [0.2, 0.25) is 0 Å². The number of nitro groups is 1. The van der Waals surface area contributed by atoms with Crippen LogP contribution in [0, 0.1) is 10.1 Å². The number of pyridine rings is 1. The Labute approximate surface area is 98.7 Å². The topological polar surface area (TPSA) is 76.3 Å². The molecule has 0 aliphatic heterocycles. The van der Waals surface area contributed by atoms with E-state index in [4.69, 9.17) is 0 Å². The van der Waals surface area contributed by atoms with Crippen molar-refractivity contribution in [2.24, 2.45) is 0 Å². The van der Waals surface area contributed by atoms with Gasteiger partial charge in [0.1, 0.15) is 0 Å². The fourth-order valence-corrected chi connectivity index (χ4v) is 1.33. The Hall–Kier alpha value is -2.24. The summed E-state index contributed by atoms with van der Waals surface area (Å²) >= 11 is 0. The summed E-state index contributed by atoms with van der Waals surface area (Å²) < 4.78 is 0. The van der Waals surface area contributed by atoms with E-state index < -0.39 is 4.92 Å². The van der Waals surface area contributed by atoms with Crippen molar-refractivity contribution in [2.75, 3.05) is 14.1 Å². The predicted octanol–water partition coefficient (Wildman–Crippen LogP) is 1.48. The fourth-order valence-electron chi connectivity index (χ4n) is 1.33. The molecule has 0 atom stereocenters. The molecule has 0 aromatic carbocycles. The van der Waals surface area contributed by atoms with Gasteiger partial charge >= 0.3 is 0 Å². The summed E-state index contributed by atoms with van der Waals surface area (Å²) in [4.78, 5) is 27.4. The van der Waals surface area contributed by atoms with E-state index in [9.17, 15) is 14.9 Å². The molecule has 0 unspecified atom stereocenters. The third kappa shape index (κ3) is 3.10. The number of ketones is 1. The third-order valence-electron chi connectivity index (χ3n) is 2.00. The summed E-state index contributed by atoms with van der Waals surface area (Å²) in [6.07, 6.45) is 2.95. The molecule has 17 heavy (non-hydrogen) atoms. The lowest BCUT2D eigenvalue weighted by Crippen LogP contribution is -2.09. The Morgan fingerprint density at radius 1 is 1.53 bits per heavy atom. The molecule has 6 nitrogen and oxygen atoms in total. The molecule has 1 heterocycles. The number of Topliss-reactive ketones (excluding diaryl/α,β-unsaturated/α-hetero) is 1. The predicted molar refractivity (Wildman–Crippen MR) is 63.2 cm³/mol. The average molecular weight is 235 g/mol. The molecule has 0 aliphatic carbocycles. The van der Waals surface area contributed by atoms with E-state index >= 15 is 0 Å². The SMILES string of the molecule is CC(=O)/C(=C\N(C)C)c1ncccc1[N+](=O)[O-]. The van der Waals surface area contributed by atoms with Crippen LogP contribution >= 0.6 is 0 Å². The highest BCUT2D eigenvalue weighted by Gasteiger charge is 2.20. The van der Waals surface area contributed by atoms with Crippen molar-refractivity contribution in [3.05, 3.63) is 40.3 Å². The Morgan fingerprint density at radius 2 is 2.18 bits per heavy atom. The van der Waals surface area contributed by atoms with Gasteiger partial charge in [-0.25, -0.2) is 4.98 Å². The molecule has 0 fully saturated rings. The van der Waals surface area contributed by atoms with Crippen LogP contribution in [0.5, 0.6) is 0 Å². The van der Waals surface area contributed by atoms with Crippen molar-refractivity contribution in [3.63, 3.8) is 0 Å². The van der Waals surface area contributed by atoms with Gasteiger partial charge in [0.25, 0.3) is 5.69 Å². The molecule has 1 aromatic heterocycles. The van der Waals surface area contributed by atoms with E-state index in [0.29, 0.717) is 0 Å². The number of nitrogens with zero attached hydrogens (tertiary/aromatic N) is 3. The zero-order chi connectivity index (χ0) is 13.0. The van der Waals surface area contributed by atoms with Gasteiger partial charge in [0.05, 0.1) is 10.5 Å². The second kappa shape index (κ2) is 5.20. The number of hydrogen-bond acceptors (Lipinski definition) is 5. The van der Waals surface area contributed by atoms with Crippen molar-refractivity contribution in [3.8, 4) is 0 Å². The Morgan fingerprint density at radius 3 is 2.65 bits per heavy atom. The highest BCUT2D eigenvalue weighted by Crippen LogP contribution is 2.24. The second-order valence-electron chi connectivity index (χ2n) is 3.69. The van der Waals surface area contributed by atoms with Crippen molar-refractivity contribution >= 4 is 17.0 Å². The van der Waals surface area contributed by atoms with Crippen LogP contribution in [0.25, 0.3) is 5.57 Å². The maximum Gasteiger partial charge on any atom is 0.295 e. The first-order valence-electron chi connectivity index (χ1n) is 4.92. The minimum atomic E-state index is -0.547. The van der Waals surface area contributed by atoms with Crippen molar-refractivity contribution in [1.29, 1.82) is 0 Å². The van der Waals surface area contributed by atoms with Gasteiger partial charge in [-0.2, -0.15) is 0 Å². The lowest BCUT2D eigenvalue weighted by Gasteiger charge is -2.09. The van der Waals surface area contributed by atoms with Crippen LogP contribution in [-0.4, -0.2) is 34.7 Å². The lowest BCUT2D eigenvalue weighted by atomic mass is 10.1. The van der Waals surface area contributed by atoms with Crippen molar-refractivity contribution in [2.45, 2.75) is 6.92 Å². The van der Waals surface area contributed by atoms with Crippen LogP contribution in [-0.2, 0) is 4.79 Å². The van der Waals surface area contributed by atoms with E-state index in [-0.39, 0.29) is 22.7 Å². The molecule has 0 saturated heterocycles. The standard InChI is InChI=1S/C11H13N3O3/c1-8(15)9(7-13(2)3)11-10(14(16)17)5-4-6-12-11/h4-7H,1-3H3/b9-7+. The minimum Gasteiger partial charge on any atom is -0.383 e. The number of aromatic nitrogens is 1. The number of carbonyl (C=O) groups is 1. The van der Waals surface area contributed by atoms with Crippen LogP contribution in [0.3, 0.4) is 0 Å².